The van der Waals surface area contributed by atoms with Crippen LogP contribution in [-0.2, 0) is 6.42 Å². The zero-order valence-electron chi connectivity index (χ0n) is 5.83. The minimum absolute atomic E-state index is 0. The zero-order chi connectivity index (χ0) is 6.69. The van der Waals surface area contributed by atoms with Gasteiger partial charge in [-0.3, -0.25) is 0 Å². The van der Waals surface area contributed by atoms with Crippen LogP contribution in [0.1, 0.15) is 11.5 Å². The van der Waals surface area contributed by atoms with Gasteiger partial charge in [0.2, 0.25) is 0 Å². The Bertz CT molecular complexity index is 188. The van der Waals surface area contributed by atoms with Crippen molar-refractivity contribution in [2.24, 2.45) is 5.73 Å². The molecule has 0 saturated carbocycles. The minimum Gasteiger partial charge on any atom is -0.449 e. The van der Waals surface area contributed by atoms with E-state index < -0.39 is 0 Å². The van der Waals surface area contributed by atoms with Crippen LogP contribution in [0.5, 0.6) is 0 Å². The van der Waals surface area contributed by atoms with E-state index in [0.717, 1.165) is 17.9 Å². The van der Waals surface area contributed by atoms with E-state index in [4.69, 9.17) is 10.2 Å². The van der Waals surface area contributed by atoms with Gasteiger partial charge in [0.15, 0.2) is 6.39 Å². The summed E-state index contributed by atoms with van der Waals surface area (Å²) >= 11 is 0. The second-order valence-electron chi connectivity index (χ2n) is 1.89. The average molecular weight is 163 g/mol. The lowest BCUT2D eigenvalue weighted by Gasteiger charge is -1.89. The zero-order valence-corrected chi connectivity index (χ0v) is 6.65. The lowest BCUT2D eigenvalue weighted by molar-refractivity contribution is 0.524. The summed E-state index contributed by atoms with van der Waals surface area (Å²) in [5.74, 6) is 0.875. The fraction of sp³-hybridized carbons (Fsp3) is 0.500. The van der Waals surface area contributed by atoms with E-state index in [1.54, 1.807) is 0 Å². The summed E-state index contributed by atoms with van der Waals surface area (Å²) in [4.78, 5) is 3.96. The van der Waals surface area contributed by atoms with Crippen LogP contribution in [0.25, 0.3) is 0 Å². The van der Waals surface area contributed by atoms with Crippen LogP contribution in [0.2, 0.25) is 0 Å². The smallest absolute Gasteiger partial charge is 0.181 e. The normalized spacial score (nSPS) is 9.00. The first-order valence-electron chi connectivity index (χ1n) is 2.93. The molecule has 0 spiro atoms. The maximum Gasteiger partial charge on any atom is 0.181 e. The summed E-state index contributed by atoms with van der Waals surface area (Å²) in [6.07, 6.45) is 2.25. The molecule has 0 aliphatic rings. The van der Waals surface area contributed by atoms with Crippen LogP contribution in [0, 0.1) is 6.92 Å². The Kier molecular flexibility index (Phi) is 4.07. The van der Waals surface area contributed by atoms with Gasteiger partial charge in [-0.2, -0.15) is 0 Å². The van der Waals surface area contributed by atoms with Crippen LogP contribution in [0.15, 0.2) is 10.8 Å². The van der Waals surface area contributed by atoms with E-state index in [0.29, 0.717) is 6.54 Å². The molecule has 0 amide bonds. The Balaban J connectivity index is 0.000000810. The number of aromatic nitrogens is 1. The monoisotopic (exact) mass is 162 g/mol. The molecule has 0 bridgehead atoms. The third-order valence-electron chi connectivity index (χ3n) is 1.23. The van der Waals surface area contributed by atoms with Crippen LogP contribution in [0.3, 0.4) is 0 Å². The van der Waals surface area contributed by atoms with Crippen LogP contribution in [0.4, 0.5) is 0 Å². The lowest BCUT2D eigenvalue weighted by atomic mass is 10.3. The first kappa shape index (κ1) is 9.46. The van der Waals surface area contributed by atoms with Gasteiger partial charge in [0.25, 0.3) is 0 Å². The van der Waals surface area contributed by atoms with Gasteiger partial charge in [0.1, 0.15) is 5.76 Å². The quantitative estimate of drug-likeness (QED) is 0.703. The average Bonchev–Trinajstić information content (AvgIpc) is 2.18. The summed E-state index contributed by atoms with van der Waals surface area (Å²) in [6, 6.07) is 0. The molecule has 0 aromatic carbocycles. The molecule has 1 rings (SSSR count). The molecule has 0 radical (unpaired) electrons. The van der Waals surface area contributed by atoms with Gasteiger partial charge in [-0.05, 0) is 13.5 Å². The second kappa shape index (κ2) is 4.30. The maximum absolute atomic E-state index is 5.31. The summed E-state index contributed by atoms with van der Waals surface area (Å²) in [6.45, 7) is 2.52. The molecule has 0 atom stereocenters. The SMILES string of the molecule is Cc1ocnc1CCN.Cl. The molecule has 0 fully saturated rings. The molecule has 1 aromatic heterocycles. The highest BCUT2D eigenvalue weighted by atomic mass is 35.5. The summed E-state index contributed by atoms with van der Waals surface area (Å²) in [5.41, 5.74) is 6.28. The summed E-state index contributed by atoms with van der Waals surface area (Å²) in [7, 11) is 0. The molecule has 58 valence electrons. The Morgan fingerprint density at radius 2 is 2.40 bits per heavy atom. The van der Waals surface area contributed by atoms with Crippen molar-refractivity contribution in [1.29, 1.82) is 0 Å². The number of rotatable bonds is 2. The van der Waals surface area contributed by atoms with Crippen molar-refractivity contribution < 1.29 is 4.42 Å². The summed E-state index contributed by atoms with van der Waals surface area (Å²) < 4.78 is 4.95. The number of aryl methyl sites for hydroxylation is 1. The van der Waals surface area contributed by atoms with Crippen LogP contribution >= 0.6 is 12.4 Å². The first-order chi connectivity index (χ1) is 4.34. The molecule has 0 saturated heterocycles. The van der Waals surface area contributed by atoms with Crippen molar-refractivity contribution in [3.63, 3.8) is 0 Å². The molecule has 0 unspecified atom stereocenters. The molecule has 10 heavy (non-hydrogen) atoms. The van der Waals surface area contributed by atoms with Crippen LogP contribution < -0.4 is 5.73 Å². The van der Waals surface area contributed by atoms with Crippen molar-refractivity contribution in [1.82, 2.24) is 4.98 Å². The highest BCUT2D eigenvalue weighted by Crippen LogP contribution is 2.03. The molecule has 4 heteroatoms. The Morgan fingerprint density at radius 3 is 2.80 bits per heavy atom. The van der Waals surface area contributed by atoms with Crippen molar-refractivity contribution in [2.75, 3.05) is 6.54 Å². The fourth-order valence-electron chi connectivity index (χ4n) is 0.705. The van der Waals surface area contributed by atoms with Crippen molar-refractivity contribution >= 4 is 12.4 Å². The predicted octanol–water partition coefficient (Wildman–Crippen LogP) is 0.906. The largest absolute Gasteiger partial charge is 0.449 e. The van der Waals surface area contributed by atoms with Crippen LogP contribution in [-0.4, -0.2) is 11.5 Å². The number of oxazole rings is 1. The van der Waals surface area contributed by atoms with Gasteiger partial charge >= 0.3 is 0 Å². The second-order valence-corrected chi connectivity index (χ2v) is 1.89. The number of nitrogens with zero attached hydrogens (tertiary/aromatic N) is 1. The summed E-state index contributed by atoms with van der Waals surface area (Å²) in [5, 5.41) is 0. The molecule has 1 heterocycles. The first-order valence-corrected chi connectivity index (χ1v) is 2.93. The van der Waals surface area contributed by atoms with E-state index in [2.05, 4.69) is 4.98 Å². The van der Waals surface area contributed by atoms with Gasteiger partial charge in [0, 0.05) is 6.42 Å². The lowest BCUT2D eigenvalue weighted by Crippen LogP contribution is -2.03. The van der Waals surface area contributed by atoms with Gasteiger partial charge in [-0.25, -0.2) is 4.98 Å². The number of hydrogen-bond donors (Lipinski definition) is 1. The van der Waals surface area contributed by atoms with Gasteiger partial charge in [-0.15, -0.1) is 12.4 Å². The van der Waals surface area contributed by atoms with E-state index in [-0.39, 0.29) is 12.4 Å². The Labute approximate surface area is 66.0 Å². The molecule has 1 aromatic rings. The third-order valence-corrected chi connectivity index (χ3v) is 1.23. The fourth-order valence-corrected chi connectivity index (χ4v) is 0.705. The van der Waals surface area contributed by atoms with E-state index in [1.807, 2.05) is 6.92 Å². The van der Waals surface area contributed by atoms with Gasteiger partial charge in [-0.1, -0.05) is 0 Å². The van der Waals surface area contributed by atoms with Crippen molar-refractivity contribution in [3.8, 4) is 0 Å². The molecule has 2 N–H and O–H groups in total. The third kappa shape index (κ3) is 2.01. The molecule has 0 aliphatic carbocycles. The molecular formula is C6H11ClN2O. The standard InChI is InChI=1S/C6H10N2O.ClH/c1-5-6(2-3-7)8-4-9-5;/h4H,2-3,7H2,1H3;1H. The molecule has 0 aliphatic heterocycles. The Hall–Kier alpha value is -0.540. The maximum atomic E-state index is 5.31. The number of hydrogen-bond acceptors (Lipinski definition) is 3. The van der Waals surface area contributed by atoms with Gasteiger partial charge < -0.3 is 10.2 Å². The van der Waals surface area contributed by atoms with Crippen molar-refractivity contribution in [2.45, 2.75) is 13.3 Å². The predicted molar refractivity (Wildman–Crippen MR) is 41.2 cm³/mol. The number of nitrogens with two attached hydrogens (primary N) is 1. The highest BCUT2D eigenvalue weighted by Gasteiger charge is 1.99. The van der Waals surface area contributed by atoms with Gasteiger partial charge in [0.05, 0.1) is 5.69 Å². The minimum atomic E-state index is 0. The van der Waals surface area contributed by atoms with Crippen molar-refractivity contribution in [3.05, 3.63) is 17.8 Å². The van der Waals surface area contributed by atoms with E-state index in [1.165, 1.54) is 6.39 Å². The Morgan fingerprint density at radius 1 is 1.70 bits per heavy atom. The molecule has 3 nitrogen and oxygen atoms in total. The molecular weight excluding hydrogens is 152 g/mol. The van der Waals surface area contributed by atoms with E-state index in [9.17, 15) is 0 Å². The topological polar surface area (TPSA) is 52.0 Å². The number of halogens is 1. The van der Waals surface area contributed by atoms with E-state index >= 15 is 0 Å². The highest BCUT2D eigenvalue weighted by molar-refractivity contribution is 5.85.